The van der Waals surface area contributed by atoms with E-state index in [9.17, 15) is 14.7 Å². The van der Waals surface area contributed by atoms with Gasteiger partial charge in [0.25, 0.3) is 11.7 Å². The fraction of sp³-hybridized carbons (Fsp3) is 0.154. The number of rotatable bonds is 4. The van der Waals surface area contributed by atoms with Gasteiger partial charge in [-0.3, -0.25) is 14.5 Å². The minimum Gasteiger partial charge on any atom is -0.507 e. The number of ketones is 1. The van der Waals surface area contributed by atoms with Crippen molar-refractivity contribution in [1.29, 1.82) is 0 Å². The van der Waals surface area contributed by atoms with E-state index in [1.54, 1.807) is 36.4 Å². The molecule has 1 atom stereocenters. The first kappa shape index (κ1) is 21.8. The lowest BCUT2D eigenvalue weighted by Gasteiger charge is -2.27. The summed E-state index contributed by atoms with van der Waals surface area (Å²) >= 11 is 3.38. The first-order chi connectivity index (χ1) is 15.3. The first-order valence-corrected chi connectivity index (χ1v) is 10.9. The molecule has 3 aromatic carbocycles. The summed E-state index contributed by atoms with van der Waals surface area (Å²) in [5, 5.41) is 11.2. The molecule has 0 aliphatic carbocycles. The predicted octanol–water partition coefficient (Wildman–Crippen LogP) is 5.70. The number of aliphatic hydroxyl groups is 1. The van der Waals surface area contributed by atoms with Crippen LogP contribution in [0.15, 0.2) is 76.8 Å². The van der Waals surface area contributed by atoms with Gasteiger partial charge in [-0.1, -0.05) is 52.3 Å². The quantitative estimate of drug-likeness (QED) is 0.288. The normalized spacial score (nSPS) is 17.6. The second kappa shape index (κ2) is 8.63. The van der Waals surface area contributed by atoms with Crippen molar-refractivity contribution in [2.75, 3.05) is 12.0 Å². The Morgan fingerprint density at radius 3 is 2.22 bits per heavy atom. The fourth-order valence-corrected chi connectivity index (χ4v) is 4.40. The summed E-state index contributed by atoms with van der Waals surface area (Å²) in [6.45, 7) is 3.88. The summed E-state index contributed by atoms with van der Waals surface area (Å²) in [4.78, 5) is 28.0. The van der Waals surface area contributed by atoms with Crippen LogP contribution >= 0.6 is 15.9 Å². The van der Waals surface area contributed by atoms with E-state index in [0.29, 0.717) is 22.6 Å². The van der Waals surface area contributed by atoms with E-state index in [1.165, 1.54) is 12.0 Å². The molecule has 5 nitrogen and oxygen atoms in total. The number of carbonyl (C=O) groups is 2. The zero-order valence-corrected chi connectivity index (χ0v) is 19.5. The molecule has 4 rings (SSSR count). The molecule has 0 aromatic heterocycles. The highest BCUT2D eigenvalue weighted by atomic mass is 79.9. The third kappa shape index (κ3) is 3.82. The number of nitrogens with zero attached hydrogens (tertiary/aromatic N) is 1. The largest absolute Gasteiger partial charge is 0.507 e. The van der Waals surface area contributed by atoms with Gasteiger partial charge in [0.15, 0.2) is 0 Å². The molecule has 1 aliphatic heterocycles. The fourth-order valence-electron chi connectivity index (χ4n) is 4.14. The van der Waals surface area contributed by atoms with Gasteiger partial charge in [0.1, 0.15) is 11.5 Å². The number of amides is 1. The maximum Gasteiger partial charge on any atom is 0.300 e. The van der Waals surface area contributed by atoms with Crippen LogP contribution in [0.2, 0.25) is 0 Å². The number of benzene rings is 3. The number of para-hydroxylation sites is 1. The van der Waals surface area contributed by atoms with E-state index in [2.05, 4.69) is 15.9 Å². The molecule has 0 saturated carbocycles. The number of aryl methyl sites for hydroxylation is 2. The lowest BCUT2D eigenvalue weighted by Crippen LogP contribution is -2.29. The minimum absolute atomic E-state index is 0.0287. The maximum absolute atomic E-state index is 13.3. The Morgan fingerprint density at radius 2 is 1.59 bits per heavy atom. The Hall–Kier alpha value is -3.38. The van der Waals surface area contributed by atoms with Gasteiger partial charge < -0.3 is 9.84 Å². The zero-order chi connectivity index (χ0) is 23.0. The van der Waals surface area contributed by atoms with Crippen LogP contribution in [0.25, 0.3) is 5.76 Å². The Bertz CT molecular complexity index is 1230. The molecule has 3 aromatic rings. The van der Waals surface area contributed by atoms with Crippen LogP contribution in [0.5, 0.6) is 5.75 Å². The van der Waals surface area contributed by atoms with E-state index in [-0.39, 0.29) is 11.3 Å². The smallest absolute Gasteiger partial charge is 0.300 e. The van der Waals surface area contributed by atoms with E-state index in [0.717, 1.165) is 15.6 Å². The molecule has 6 heteroatoms. The molecule has 0 radical (unpaired) electrons. The van der Waals surface area contributed by atoms with Crippen molar-refractivity contribution in [3.63, 3.8) is 0 Å². The molecule has 1 N–H and O–H groups in total. The molecule has 162 valence electrons. The van der Waals surface area contributed by atoms with E-state index in [1.807, 2.05) is 44.2 Å². The molecule has 32 heavy (non-hydrogen) atoms. The summed E-state index contributed by atoms with van der Waals surface area (Å²) in [5.41, 5.74) is 3.62. The third-order valence-corrected chi connectivity index (χ3v) is 6.01. The van der Waals surface area contributed by atoms with Crippen molar-refractivity contribution in [1.82, 2.24) is 0 Å². The summed E-state index contributed by atoms with van der Waals surface area (Å²) in [6.07, 6.45) is 0. The van der Waals surface area contributed by atoms with Gasteiger partial charge >= 0.3 is 0 Å². The minimum atomic E-state index is -0.837. The van der Waals surface area contributed by atoms with Crippen LogP contribution in [0.4, 0.5) is 5.69 Å². The van der Waals surface area contributed by atoms with Crippen molar-refractivity contribution in [3.05, 3.63) is 99.0 Å². The van der Waals surface area contributed by atoms with Gasteiger partial charge in [-0.2, -0.15) is 0 Å². The number of anilines is 1. The average Bonchev–Trinajstić information content (AvgIpc) is 3.03. The maximum atomic E-state index is 13.3. The number of methoxy groups -OCH3 is 1. The Balaban J connectivity index is 2.00. The second-order valence-corrected chi connectivity index (χ2v) is 8.68. The van der Waals surface area contributed by atoms with Gasteiger partial charge in [0.05, 0.1) is 18.7 Å². The number of hydrogen-bond acceptors (Lipinski definition) is 4. The number of hydrogen-bond donors (Lipinski definition) is 1. The molecule has 1 heterocycles. The lowest BCUT2D eigenvalue weighted by molar-refractivity contribution is -0.132. The number of aliphatic hydroxyl groups excluding tert-OH is 1. The topological polar surface area (TPSA) is 66.8 Å². The van der Waals surface area contributed by atoms with Crippen LogP contribution in [-0.4, -0.2) is 23.9 Å². The standard InChI is InChI=1S/C26H22BrNO4/c1-15-12-16(2)14-19(13-15)28-23(20-6-4-5-7-21(20)32-3)22(25(30)26(28)31)24(29)17-8-10-18(27)11-9-17/h4-14,23,29H,1-3H3/b24-22+. The third-order valence-electron chi connectivity index (χ3n) is 5.48. The summed E-state index contributed by atoms with van der Waals surface area (Å²) in [7, 11) is 1.54. The van der Waals surface area contributed by atoms with Crippen molar-refractivity contribution >= 4 is 39.1 Å². The summed E-state index contributed by atoms with van der Waals surface area (Å²) in [6, 6.07) is 19.0. The van der Waals surface area contributed by atoms with Gasteiger partial charge in [-0.05, 0) is 55.3 Å². The monoisotopic (exact) mass is 491 g/mol. The summed E-state index contributed by atoms with van der Waals surface area (Å²) < 4.78 is 6.39. The van der Waals surface area contributed by atoms with E-state index >= 15 is 0 Å². The lowest BCUT2D eigenvalue weighted by atomic mass is 9.94. The Kier molecular flexibility index (Phi) is 5.89. The van der Waals surface area contributed by atoms with E-state index in [4.69, 9.17) is 4.74 Å². The predicted molar refractivity (Wildman–Crippen MR) is 128 cm³/mol. The molecular formula is C26H22BrNO4. The highest BCUT2D eigenvalue weighted by Crippen LogP contribution is 2.45. The first-order valence-electron chi connectivity index (χ1n) is 10.1. The van der Waals surface area contributed by atoms with Crippen LogP contribution < -0.4 is 9.64 Å². The van der Waals surface area contributed by atoms with Crippen molar-refractivity contribution in [3.8, 4) is 5.75 Å². The number of halogens is 1. The molecule has 0 spiro atoms. The highest BCUT2D eigenvalue weighted by molar-refractivity contribution is 9.10. The van der Waals surface area contributed by atoms with E-state index < -0.39 is 17.7 Å². The molecule has 0 bridgehead atoms. The second-order valence-electron chi connectivity index (χ2n) is 7.76. The van der Waals surface area contributed by atoms with Crippen LogP contribution in [0.1, 0.15) is 28.3 Å². The molecule has 1 aliphatic rings. The Labute approximate surface area is 195 Å². The summed E-state index contributed by atoms with van der Waals surface area (Å²) in [5.74, 6) is -1.13. The molecule has 1 unspecified atom stereocenters. The van der Waals surface area contributed by atoms with Crippen molar-refractivity contribution < 1.29 is 19.4 Å². The molecule has 1 saturated heterocycles. The zero-order valence-electron chi connectivity index (χ0n) is 17.9. The molecule has 1 fully saturated rings. The SMILES string of the molecule is COc1ccccc1C1/C(=C(\O)c2ccc(Br)cc2)C(=O)C(=O)N1c1cc(C)cc(C)c1. The van der Waals surface area contributed by atoms with Gasteiger partial charge in [-0.25, -0.2) is 0 Å². The van der Waals surface area contributed by atoms with Gasteiger partial charge in [0, 0.05) is 21.3 Å². The highest BCUT2D eigenvalue weighted by Gasteiger charge is 2.48. The number of carbonyl (C=O) groups excluding carboxylic acids is 2. The van der Waals surface area contributed by atoms with Gasteiger partial charge in [0.2, 0.25) is 0 Å². The van der Waals surface area contributed by atoms with Crippen LogP contribution in [-0.2, 0) is 9.59 Å². The molecular weight excluding hydrogens is 470 g/mol. The average molecular weight is 492 g/mol. The Morgan fingerprint density at radius 1 is 0.969 bits per heavy atom. The number of Topliss-reactive ketones (excluding diaryl/α,β-unsaturated/α-hetero) is 1. The van der Waals surface area contributed by atoms with Gasteiger partial charge in [-0.15, -0.1) is 0 Å². The number of ether oxygens (including phenoxy) is 1. The van der Waals surface area contributed by atoms with Crippen molar-refractivity contribution in [2.45, 2.75) is 19.9 Å². The van der Waals surface area contributed by atoms with Crippen LogP contribution in [0, 0.1) is 13.8 Å². The van der Waals surface area contributed by atoms with Crippen molar-refractivity contribution in [2.24, 2.45) is 0 Å². The molecule has 1 amide bonds. The van der Waals surface area contributed by atoms with Crippen LogP contribution in [0.3, 0.4) is 0 Å².